The van der Waals surface area contributed by atoms with Crippen LogP contribution in [0.5, 0.6) is 5.88 Å². The number of nitrogens with one attached hydrogen (secondary N) is 1. The quantitative estimate of drug-likeness (QED) is 0.511. The number of rotatable bonds is 9. The zero-order valence-electron chi connectivity index (χ0n) is 21.3. The van der Waals surface area contributed by atoms with E-state index in [4.69, 9.17) is 4.74 Å². The lowest BCUT2D eigenvalue weighted by Gasteiger charge is -2.34. The fourth-order valence-corrected chi connectivity index (χ4v) is 4.63. The maximum atomic E-state index is 13.7. The molecule has 0 radical (unpaired) electrons. The van der Waals surface area contributed by atoms with Crippen LogP contribution in [0.25, 0.3) is 0 Å². The van der Waals surface area contributed by atoms with E-state index in [1.165, 1.54) is 4.90 Å². The van der Waals surface area contributed by atoms with Gasteiger partial charge in [0.05, 0.1) is 24.1 Å². The lowest BCUT2D eigenvalue weighted by Crippen LogP contribution is -2.50. The molecule has 1 aliphatic carbocycles. The molecule has 0 bridgehead atoms. The minimum absolute atomic E-state index is 0.122. The number of carbonyl (C=O) groups is 2. The van der Waals surface area contributed by atoms with Gasteiger partial charge in [0.2, 0.25) is 17.7 Å². The number of aliphatic hydroxyl groups excluding tert-OH is 1. The van der Waals surface area contributed by atoms with E-state index in [2.05, 4.69) is 20.7 Å². The second-order valence-corrected chi connectivity index (χ2v) is 10.8. The normalized spacial score (nSPS) is 21.3. The van der Waals surface area contributed by atoms with Crippen LogP contribution in [0.2, 0.25) is 0 Å². The number of aryl methyl sites for hydroxylation is 2. The summed E-state index contributed by atoms with van der Waals surface area (Å²) in [6, 6.07) is 0.504. The first-order chi connectivity index (χ1) is 16.5. The molecule has 192 valence electrons. The summed E-state index contributed by atoms with van der Waals surface area (Å²) in [5.41, 5.74) is 1.33. The summed E-state index contributed by atoms with van der Waals surface area (Å²) in [5, 5.41) is 26.0. The summed E-state index contributed by atoms with van der Waals surface area (Å²) in [4.78, 5) is 28.2. The van der Waals surface area contributed by atoms with Gasteiger partial charge in [0.1, 0.15) is 12.1 Å². The third-order valence-corrected chi connectivity index (χ3v) is 6.54. The molecule has 2 fully saturated rings. The van der Waals surface area contributed by atoms with Gasteiger partial charge in [-0.3, -0.25) is 9.59 Å². The molecule has 4 rings (SSSR count). The number of hydrogen-bond donors (Lipinski definition) is 2. The van der Waals surface area contributed by atoms with Gasteiger partial charge in [0.25, 0.3) is 0 Å². The summed E-state index contributed by atoms with van der Waals surface area (Å²) in [7, 11) is 1.82. The Balaban J connectivity index is 1.36. The molecule has 1 aliphatic heterocycles. The van der Waals surface area contributed by atoms with Gasteiger partial charge < -0.3 is 20.1 Å². The molecule has 2 aliphatic rings. The number of hydrogen-bond acceptors (Lipinski definition) is 7. The maximum Gasteiger partial charge on any atom is 0.248 e. The maximum absolute atomic E-state index is 13.7. The largest absolute Gasteiger partial charge is 0.478 e. The van der Waals surface area contributed by atoms with Crippen LogP contribution < -0.4 is 10.1 Å². The van der Waals surface area contributed by atoms with Gasteiger partial charge in [-0.25, -0.2) is 9.36 Å². The van der Waals surface area contributed by atoms with Crippen molar-refractivity contribution in [1.82, 2.24) is 35.0 Å². The first-order valence-electron chi connectivity index (χ1n) is 12.4. The average Bonchev–Trinajstić information content (AvgIpc) is 3.23. The molecular weight excluding hydrogens is 450 g/mol. The Morgan fingerprint density at radius 3 is 2.69 bits per heavy atom. The van der Waals surface area contributed by atoms with E-state index in [0.717, 1.165) is 24.2 Å². The molecule has 2 aromatic rings. The van der Waals surface area contributed by atoms with Gasteiger partial charge in [-0.1, -0.05) is 26.0 Å². The van der Waals surface area contributed by atoms with Crippen molar-refractivity contribution < 1.29 is 19.4 Å². The molecule has 0 aromatic carbocycles. The van der Waals surface area contributed by atoms with Gasteiger partial charge in [0.15, 0.2) is 0 Å². The SMILES string of the molecule is Cc1cc(OCCCNC(=O)C2CC(O)CN2C(=O)[C@@H](n2cc(C3CC3)nn2)C(C)(C)C)n(C)n1. The van der Waals surface area contributed by atoms with Gasteiger partial charge >= 0.3 is 0 Å². The molecule has 1 saturated carbocycles. The van der Waals surface area contributed by atoms with Crippen LogP contribution in [0.4, 0.5) is 0 Å². The number of aromatic nitrogens is 5. The summed E-state index contributed by atoms with van der Waals surface area (Å²) < 4.78 is 9.02. The van der Waals surface area contributed by atoms with E-state index in [9.17, 15) is 14.7 Å². The van der Waals surface area contributed by atoms with E-state index in [0.29, 0.717) is 31.4 Å². The molecule has 11 heteroatoms. The van der Waals surface area contributed by atoms with Gasteiger partial charge in [-0.15, -0.1) is 5.10 Å². The molecule has 3 atom stereocenters. The minimum Gasteiger partial charge on any atom is -0.478 e. The summed E-state index contributed by atoms with van der Waals surface area (Å²) in [6.45, 7) is 8.77. The molecule has 1 saturated heterocycles. The van der Waals surface area contributed by atoms with Crippen LogP contribution >= 0.6 is 0 Å². The number of amides is 2. The monoisotopic (exact) mass is 487 g/mol. The van der Waals surface area contributed by atoms with Gasteiger partial charge in [-0.05, 0) is 31.6 Å². The first-order valence-corrected chi connectivity index (χ1v) is 12.4. The predicted octanol–water partition coefficient (Wildman–Crippen LogP) is 1.33. The second-order valence-electron chi connectivity index (χ2n) is 10.8. The smallest absolute Gasteiger partial charge is 0.248 e. The van der Waals surface area contributed by atoms with E-state index in [-0.39, 0.29) is 24.8 Å². The van der Waals surface area contributed by atoms with Crippen LogP contribution in [0, 0.1) is 12.3 Å². The van der Waals surface area contributed by atoms with Crippen molar-refractivity contribution in [2.75, 3.05) is 19.7 Å². The van der Waals surface area contributed by atoms with Crippen molar-refractivity contribution >= 4 is 11.8 Å². The van der Waals surface area contributed by atoms with E-state index >= 15 is 0 Å². The molecule has 2 N–H and O–H groups in total. The number of likely N-dealkylation sites (tertiary alicyclic amines) is 1. The Labute approximate surface area is 205 Å². The van der Waals surface area contributed by atoms with E-state index in [1.54, 1.807) is 9.36 Å². The zero-order valence-corrected chi connectivity index (χ0v) is 21.3. The standard InChI is InChI=1S/C24H37N7O4/c1-15-11-20(29(5)27-15)35-10-6-9-25-22(33)19-12-17(32)13-30(19)23(34)21(24(2,3)4)31-14-18(26-28-31)16-7-8-16/h11,14,16-17,19,21,32H,6-10,12-13H2,1-5H3,(H,25,33)/t17?,19?,21-/m1/s1. The van der Waals surface area contributed by atoms with Crippen molar-refractivity contribution in [2.24, 2.45) is 12.5 Å². The second kappa shape index (κ2) is 9.96. The molecule has 0 spiro atoms. The van der Waals surface area contributed by atoms with Crippen LogP contribution in [-0.4, -0.2) is 78.4 Å². The number of nitrogens with zero attached hydrogens (tertiary/aromatic N) is 6. The first kappa shape index (κ1) is 25.2. The van der Waals surface area contributed by atoms with Gasteiger partial charge in [-0.2, -0.15) is 5.10 Å². The minimum atomic E-state index is -0.746. The van der Waals surface area contributed by atoms with Gasteiger partial charge in [0, 0.05) is 44.7 Å². The Hall–Kier alpha value is -2.95. The van der Waals surface area contributed by atoms with Crippen LogP contribution in [0.15, 0.2) is 12.3 Å². The Morgan fingerprint density at radius 1 is 1.31 bits per heavy atom. The predicted molar refractivity (Wildman–Crippen MR) is 128 cm³/mol. The number of carbonyl (C=O) groups excluding carboxylic acids is 2. The highest BCUT2D eigenvalue weighted by atomic mass is 16.5. The highest BCUT2D eigenvalue weighted by molar-refractivity contribution is 5.90. The summed E-state index contributed by atoms with van der Waals surface area (Å²) in [6.07, 6.45) is 4.12. The molecule has 2 amide bonds. The van der Waals surface area contributed by atoms with Crippen LogP contribution in [0.3, 0.4) is 0 Å². The van der Waals surface area contributed by atoms with Crippen molar-refractivity contribution in [3.63, 3.8) is 0 Å². The lowest BCUT2D eigenvalue weighted by molar-refractivity contribution is -0.144. The summed E-state index contributed by atoms with van der Waals surface area (Å²) >= 11 is 0. The topological polar surface area (TPSA) is 127 Å². The van der Waals surface area contributed by atoms with Crippen molar-refractivity contribution in [3.8, 4) is 5.88 Å². The van der Waals surface area contributed by atoms with E-state index < -0.39 is 23.6 Å². The molecule has 3 heterocycles. The Morgan fingerprint density at radius 2 is 2.06 bits per heavy atom. The molecule has 35 heavy (non-hydrogen) atoms. The Bertz CT molecular complexity index is 1050. The third kappa shape index (κ3) is 5.83. The highest BCUT2D eigenvalue weighted by Crippen LogP contribution is 2.40. The van der Waals surface area contributed by atoms with E-state index in [1.807, 2.05) is 47.0 Å². The van der Waals surface area contributed by atoms with Crippen LogP contribution in [-0.2, 0) is 16.6 Å². The fraction of sp³-hybridized carbons (Fsp3) is 0.708. The van der Waals surface area contributed by atoms with Crippen molar-refractivity contribution in [2.45, 2.75) is 77.5 Å². The molecular formula is C24H37N7O4. The fourth-order valence-electron chi connectivity index (χ4n) is 4.63. The summed E-state index contributed by atoms with van der Waals surface area (Å²) in [5.74, 6) is 0.612. The number of β-amino-alcohol motifs (C(OH)–C–C–N with tert-alkyl or cyclic N) is 1. The van der Waals surface area contributed by atoms with Crippen molar-refractivity contribution in [1.29, 1.82) is 0 Å². The average molecular weight is 488 g/mol. The molecule has 2 unspecified atom stereocenters. The zero-order chi connectivity index (χ0) is 25.3. The van der Waals surface area contributed by atoms with Crippen molar-refractivity contribution in [3.05, 3.63) is 23.7 Å². The van der Waals surface area contributed by atoms with Crippen LogP contribution in [0.1, 0.15) is 69.8 Å². The highest BCUT2D eigenvalue weighted by Gasteiger charge is 2.45. The third-order valence-electron chi connectivity index (χ3n) is 6.54. The lowest BCUT2D eigenvalue weighted by atomic mass is 9.85. The number of ether oxygens (including phenoxy) is 1. The molecule has 11 nitrogen and oxygen atoms in total. The Kier molecular flexibility index (Phi) is 7.16. The molecule has 2 aromatic heterocycles. The number of aliphatic hydroxyl groups is 1.